The molecule has 0 aromatic rings. The lowest BCUT2D eigenvalue weighted by Gasteiger charge is -2.39. The summed E-state index contributed by atoms with van der Waals surface area (Å²) in [5.74, 6) is 1.39. The maximum Gasteiger partial charge on any atom is 0.0572 e. The largest absolute Gasteiger partial charge is 0.393 e. The van der Waals surface area contributed by atoms with Crippen molar-refractivity contribution in [1.29, 1.82) is 0 Å². The van der Waals surface area contributed by atoms with Crippen molar-refractivity contribution in [3.05, 3.63) is 0 Å². The molecule has 0 aromatic heterocycles. The zero-order valence-corrected chi connectivity index (χ0v) is 8.15. The molecule has 12 heavy (non-hydrogen) atoms. The van der Waals surface area contributed by atoms with E-state index in [0.29, 0.717) is 5.92 Å². The molecule has 1 aliphatic heterocycles. The molecule has 72 valence electrons. The summed E-state index contributed by atoms with van der Waals surface area (Å²) in [4.78, 5) is 0. The highest BCUT2D eigenvalue weighted by atomic mass is 35.5. The van der Waals surface area contributed by atoms with Crippen LogP contribution in [0.3, 0.4) is 0 Å². The summed E-state index contributed by atoms with van der Waals surface area (Å²) in [6.45, 7) is 2.25. The van der Waals surface area contributed by atoms with E-state index in [2.05, 4.69) is 5.32 Å². The van der Waals surface area contributed by atoms with E-state index in [9.17, 15) is 5.11 Å². The second-order valence-electron chi connectivity index (χ2n) is 3.91. The molecule has 3 heteroatoms. The molecule has 1 heterocycles. The van der Waals surface area contributed by atoms with Crippen LogP contribution in [0.15, 0.2) is 0 Å². The fraction of sp³-hybridized carbons (Fsp3) is 1.00. The number of fused-ring (bicyclic) bond motifs is 1. The highest BCUT2D eigenvalue weighted by molar-refractivity contribution is 5.85. The number of hydrogen-bond acceptors (Lipinski definition) is 2. The van der Waals surface area contributed by atoms with Gasteiger partial charge in [-0.15, -0.1) is 12.4 Å². The van der Waals surface area contributed by atoms with Crippen molar-refractivity contribution in [3.63, 3.8) is 0 Å². The molecule has 2 fully saturated rings. The normalized spacial score (nSPS) is 41.2. The Balaban J connectivity index is 0.000000720. The van der Waals surface area contributed by atoms with Crippen LogP contribution in [0.4, 0.5) is 0 Å². The van der Waals surface area contributed by atoms with E-state index in [0.717, 1.165) is 25.4 Å². The number of halogens is 1. The standard InChI is InChI=1S/C9H17NO.ClH/c11-9-3-1-2-7-6-10-5-4-8(7)9;/h7-11H,1-6H2;1H. The summed E-state index contributed by atoms with van der Waals surface area (Å²) in [6.07, 6.45) is 4.79. The Bertz CT molecular complexity index is 140. The summed E-state index contributed by atoms with van der Waals surface area (Å²) in [7, 11) is 0. The monoisotopic (exact) mass is 191 g/mol. The number of rotatable bonds is 0. The van der Waals surface area contributed by atoms with Crippen molar-refractivity contribution in [2.75, 3.05) is 13.1 Å². The van der Waals surface area contributed by atoms with Crippen molar-refractivity contribution in [2.45, 2.75) is 31.8 Å². The first-order valence-electron chi connectivity index (χ1n) is 4.76. The van der Waals surface area contributed by atoms with Gasteiger partial charge >= 0.3 is 0 Å². The molecular formula is C9H18ClNO. The van der Waals surface area contributed by atoms with E-state index < -0.39 is 0 Å². The van der Waals surface area contributed by atoms with Crippen LogP contribution in [0, 0.1) is 11.8 Å². The lowest BCUT2D eigenvalue weighted by Crippen LogP contribution is -2.44. The summed E-state index contributed by atoms with van der Waals surface area (Å²) in [5.41, 5.74) is 0. The highest BCUT2D eigenvalue weighted by Crippen LogP contribution is 2.33. The number of hydrogen-bond donors (Lipinski definition) is 2. The minimum absolute atomic E-state index is 0. The fourth-order valence-electron chi connectivity index (χ4n) is 2.57. The van der Waals surface area contributed by atoms with Crippen LogP contribution < -0.4 is 5.32 Å². The van der Waals surface area contributed by atoms with Gasteiger partial charge in [-0.25, -0.2) is 0 Å². The molecule has 2 aliphatic rings. The first-order chi connectivity index (χ1) is 5.38. The van der Waals surface area contributed by atoms with Crippen LogP contribution in [0.2, 0.25) is 0 Å². The first-order valence-corrected chi connectivity index (χ1v) is 4.76. The maximum atomic E-state index is 9.68. The molecule has 0 spiro atoms. The molecule has 2 N–H and O–H groups in total. The summed E-state index contributed by atoms with van der Waals surface area (Å²) >= 11 is 0. The Labute approximate surface area is 80.1 Å². The quantitative estimate of drug-likeness (QED) is 0.603. The molecular weight excluding hydrogens is 174 g/mol. The summed E-state index contributed by atoms with van der Waals surface area (Å²) in [5, 5.41) is 13.1. The maximum absolute atomic E-state index is 9.68. The third kappa shape index (κ3) is 1.93. The third-order valence-corrected chi connectivity index (χ3v) is 3.24. The number of aliphatic hydroxyl groups excluding tert-OH is 1. The van der Waals surface area contributed by atoms with Crippen molar-refractivity contribution < 1.29 is 5.11 Å². The Kier molecular flexibility index (Phi) is 3.81. The molecule has 2 rings (SSSR count). The van der Waals surface area contributed by atoms with Crippen LogP contribution in [0.25, 0.3) is 0 Å². The predicted molar refractivity (Wildman–Crippen MR) is 51.6 cm³/mol. The second kappa shape index (κ2) is 4.45. The molecule has 0 bridgehead atoms. The Morgan fingerprint density at radius 2 is 2.00 bits per heavy atom. The zero-order valence-electron chi connectivity index (χ0n) is 7.33. The average Bonchev–Trinajstić information content (AvgIpc) is 2.06. The second-order valence-corrected chi connectivity index (χ2v) is 3.91. The third-order valence-electron chi connectivity index (χ3n) is 3.24. The van der Waals surface area contributed by atoms with Gasteiger partial charge in [0.2, 0.25) is 0 Å². The van der Waals surface area contributed by atoms with Crippen molar-refractivity contribution >= 4 is 12.4 Å². The SMILES string of the molecule is Cl.OC1CCCC2CNCCC12. The molecule has 0 aromatic carbocycles. The fourth-order valence-corrected chi connectivity index (χ4v) is 2.57. The van der Waals surface area contributed by atoms with Gasteiger partial charge in [-0.1, -0.05) is 6.42 Å². The van der Waals surface area contributed by atoms with Gasteiger partial charge in [-0.05, 0) is 44.2 Å². The molecule has 1 saturated heterocycles. The number of piperidine rings is 1. The van der Waals surface area contributed by atoms with E-state index in [1.807, 2.05) is 0 Å². The lowest BCUT2D eigenvalue weighted by molar-refractivity contribution is 0.0167. The van der Waals surface area contributed by atoms with Crippen LogP contribution in [0.1, 0.15) is 25.7 Å². The highest BCUT2D eigenvalue weighted by Gasteiger charge is 2.33. The van der Waals surface area contributed by atoms with Gasteiger partial charge in [0.1, 0.15) is 0 Å². The smallest absolute Gasteiger partial charge is 0.0572 e. The van der Waals surface area contributed by atoms with E-state index in [4.69, 9.17) is 0 Å². The van der Waals surface area contributed by atoms with E-state index in [1.54, 1.807) is 0 Å². The minimum atomic E-state index is 0. The van der Waals surface area contributed by atoms with Crippen LogP contribution in [-0.4, -0.2) is 24.3 Å². The van der Waals surface area contributed by atoms with Gasteiger partial charge in [0, 0.05) is 0 Å². The van der Waals surface area contributed by atoms with Crippen LogP contribution in [0.5, 0.6) is 0 Å². The first kappa shape index (κ1) is 10.3. The van der Waals surface area contributed by atoms with E-state index in [1.165, 1.54) is 19.3 Å². The molecule has 1 aliphatic carbocycles. The van der Waals surface area contributed by atoms with Crippen molar-refractivity contribution in [1.82, 2.24) is 5.32 Å². The Hall–Kier alpha value is 0.210. The topological polar surface area (TPSA) is 32.3 Å². The number of aliphatic hydroxyl groups is 1. The lowest BCUT2D eigenvalue weighted by atomic mass is 9.74. The van der Waals surface area contributed by atoms with Gasteiger partial charge < -0.3 is 10.4 Å². The van der Waals surface area contributed by atoms with E-state index >= 15 is 0 Å². The predicted octanol–water partition coefficient (Wildman–Crippen LogP) is 1.18. The summed E-state index contributed by atoms with van der Waals surface area (Å²) in [6, 6.07) is 0. The molecule has 2 nitrogen and oxygen atoms in total. The van der Waals surface area contributed by atoms with Gasteiger partial charge in [0.25, 0.3) is 0 Å². The van der Waals surface area contributed by atoms with Gasteiger partial charge in [0.05, 0.1) is 6.10 Å². The molecule has 0 amide bonds. The molecule has 0 radical (unpaired) electrons. The average molecular weight is 192 g/mol. The Morgan fingerprint density at radius 3 is 2.75 bits per heavy atom. The van der Waals surface area contributed by atoms with Crippen molar-refractivity contribution in [3.8, 4) is 0 Å². The number of nitrogens with one attached hydrogen (secondary N) is 1. The van der Waals surface area contributed by atoms with Crippen LogP contribution >= 0.6 is 12.4 Å². The minimum Gasteiger partial charge on any atom is -0.393 e. The van der Waals surface area contributed by atoms with Crippen LogP contribution in [-0.2, 0) is 0 Å². The van der Waals surface area contributed by atoms with Crippen molar-refractivity contribution in [2.24, 2.45) is 11.8 Å². The Morgan fingerprint density at radius 1 is 1.17 bits per heavy atom. The molecule has 3 atom stereocenters. The summed E-state index contributed by atoms with van der Waals surface area (Å²) < 4.78 is 0. The molecule has 1 saturated carbocycles. The van der Waals surface area contributed by atoms with Gasteiger partial charge in [-0.2, -0.15) is 0 Å². The van der Waals surface area contributed by atoms with Gasteiger partial charge in [0.15, 0.2) is 0 Å². The van der Waals surface area contributed by atoms with E-state index in [-0.39, 0.29) is 18.5 Å². The molecule has 3 unspecified atom stereocenters. The zero-order chi connectivity index (χ0) is 7.68. The van der Waals surface area contributed by atoms with Gasteiger partial charge in [-0.3, -0.25) is 0 Å².